The molecule has 2 aromatic carbocycles. The van der Waals surface area contributed by atoms with Gasteiger partial charge in [-0.25, -0.2) is 0 Å². The van der Waals surface area contributed by atoms with Crippen LogP contribution in [0.5, 0.6) is 0 Å². The summed E-state index contributed by atoms with van der Waals surface area (Å²) in [6.45, 7) is 0. The predicted molar refractivity (Wildman–Crippen MR) is 84.0 cm³/mol. The molecule has 3 rings (SSSR count). The van der Waals surface area contributed by atoms with Crippen molar-refractivity contribution in [2.45, 2.75) is 4.90 Å². The van der Waals surface area contributed by atoms with Gasteiger partial charge < -0.3 is 0 Å². The molecule has 0 fully saturated rings. The van der Waals surface area contributed by atoms with Gasteiger partial charge in [-0.3, -0.25) is 4.98 Å². The molecule has 0 saturated carbocycles. The molecule has 1 aromatic heterocycles. The third-order valence-electron chi connectivity index (χ3n) is 3.09. The first kappa shape index (κ1) is 12.5. The van der Waals surface area contributed by atoms with Gasteiger partial charge in [0.05, 0.1) is 5.52 Å². The number of hydrogen-bond acceptors (Lipinski definition) is 2. The van der Waals surface area contributed by atoms with Crippen LogP contribution in [0.25, 0.3) is 22.0 Å². The molecule has 0 amide bonds. The summed E-state index contributed by atoms with van der Waals surface area (Å²) in [7, 11) is 0. The topological polar surface area (TPSA) is 12.9 Å². The lowest BCUT2D eigenvalue weighted by molar-refractivity contribution is 1.37. The lowest BCUT2D eigenvalue weighted by atomic mass is 10.0. The van der Waals surface area contributed by atoms with E-state index in [0.717, 1.165) is 21.5 Å². The molecule has 0 atom stereocenters. The van der Waals surface area contributed by atoms with E-state index in [1.165, 1.54) is 10.5 Å². The molecule has 1 heterocycles. The Kier molecular flexibility index (Phi) is 3.45. The number of aromatic nitrogens is 1. The first-order chi connectivity index (χ1) is 9.29. The van der Waals surface area contributed by atoms with Crippen LogP contribution < -0.4 is 0 Å². The van der Waals surface area contributed by atoms with Gasteiger partial charge in [0.2, 0.25) is 0 Å². The van der Waals surface area contributed by atoms with Crippen molar-refractivity contribution in [3.05, 3.63) is 59.8 Å². The smallest absolute Gasteiger partial charge is 0.0791 e. The van der Waals surface area contributed by atoms with Crippen LogP contribution in [0.3, 0.4) is 0 Å². The summed E-state index contributed by atoms with van der Waals surface area (Å²) in [5.74, 6) is 0. The van der Waals surface area contributed by atoms with E-state index in [4.69, 9.17) is 11.6 Å². The number of fused-ring (bicyclic) bond motifs is 1. The minimum absolute atomic E-state index is 0.752. The zero-order valence-electron chi connectivity index (χ0n) is 10.4. The molecule has 0 aliphatic carbocycles. The van der Waals surface area contributed by atoms with Crippen molar-refractivity contribution in [3.63, 3.8) is 0 Å². The van der Waals surface area contributed by atoms with Gasteiger partial charge in [-0.1, -0.05) is 35.9 Å². The van der Waals surface area contributed by atoms with E-state index in [0.29, 0.717) is 0 Å². The van der Waals surface area contributed by atoms with Crippen LogP contribution in [0, 0.1) is 0 Å². The maximum Gasteiger partial charge on any atom is 0.0791 e. The third-order valence-corrected chi connectivity index (χ3v) is 4.12. The number of hydrogen-bond donors (Lipinski definition) is 0. The van der Waals surface area contributed by atoms with Gasteiger partial charge in [0.1, 0.15) is 0 Å². The molecule has 0 aliphatic rings. The Balaban J connectivity index is 2.33. The van der Waals surface area contributed by atoms with Gasteiger partial charge in [0, 0.05) is 27.1 Å². The minimum atomic E-state index is 0.752. The maximum absolute atomic E-state index is 5.97. The second kappa shape index (κ2) is 5.24. The lowest BCUT2D eigenvalue weighted by Gasteiger charge is -2.11. The monoisotopic (exact) mass is 285 g/mol. The summed E-state index contributed by atoms with van der Waals surface area (Å²) in [6, 6.07) is 16.3. The highest BCUT2D eigenvalue weighted by atomic mass is 35.5. The Morgan fingerprint density at radius 2 is 1.79 bits per heavy atom. The van der Waals surface area contributed by atoms with Gasteiger partial charge in [-0.2, -0.15) is 0 Å². The van der Waals surface area contributed by atoms with E-state index in [-0.39, 0.29) is 0 Å². The maximum atomic E-state index is 5.97. The molecule has 94 valence electrons. The Hall–Kier alpha value is -1.51. The van der Waals surface area contributed by atoms with E-state index in [9.17, 15) is 0 Å². The summed E-state index contributed by atoms with van der Waals surface area (Å²) in [5.41, 5.74) is 3.37. The molecule has 3 heteroatoms. The highest BCUT2D eigenvalue weighted by molar-refractivity contribution is 7.98. The number of benzene rings is 2. The van der Waals surface area contributed by atoms with Crippen molar-refractivity contribution < 1.29 is 0 Å². The van der Waals surface area contributed by atoms with Crippen LogP contribution in [-0.4, -0.2) is 11.2 Å². The summed E-state index contributed by atoms with van der Waals surface area (Å²) in [4.78, 5) is 5.77. The quantitative estimate of drug-likeness (QED) is 0.594. The zero-order valence-corrected chi connectivity index (χ0v) is 12.0. The molecule has 0 N–H and O–H groups in total. The van der Waals surface area contributed by atoms with Crippen molar-refractivity contribution in [1.29, 1.82) is 0 Å². The molecule has 19 heavy (non-hydrogen) atoms. The Bertz CT molecular complexity index is 722. The van der Waals surface area contributed by atoms with E-state index >= 15 is 0 Å². The Labute approximate surface area is 121 Å². The van der Waals surface area contributed by atoms with Crippen molar-refractivity contribution in [2.75, 3.05) is 6.26 Å². The number of thioether (sulfide) groups is 1. The first-order valence-corrected chi connectivity index (χ1v) is 7.57. The average molecular weight is 286 g/mol. The van der Waals surface area contributed by atoms with E-state index in [1.807, 2.05) is 36.5 Å². The second-order valence-electron chi connectivity index (χ2n) is 4.22. The highest BCUT2D eigenvalue weighted by Crippen LogP contribution is 2.36. The number of pyridine rings is 1. The fourth-order valence-corrected chi connectivity index (χ4v) is 2.94. The van der Waals surface area contributed by atoms with E-state index in [1.54, 1.807) is 11.8 Å². The van der Waals surface area contributed by atoms with Crippen LogP contribution in [0.15, 0.2) is 59.6 Å². The van der Waals surface area contributed by atoms with Crippen molar-refractivity contribution >= 4 is 34.3 Å². The molecule has 0 bridgehead atoms. The van der Waals surface area contributed by atoms with Crippen LogP contribution in [0.4, 0.5) is 0 Å². The molecule has 0 radical (unpaired) electrons. The predicted octanol–water partition coefficient (Wildman–Crippen LogP) is 5.28. The molecule has 0 aliphatic heterocycles. The standard InChI is InChI=1S/C16H12ClNS/c1-19-14-9-6-12-3-2-10-18-16(12)15(14)11-4-7-13(17)8-5-11/h2-10H,1H3. The van der Waals surface area contributed by atoms with Gasteiger partial charge in [-0.05, 0) is 36.1 Å². The fraction of sp³-hybridized carbons (Fsp3) is 0.0625. The van der Waals surface area contributed by atoms with Crippen LogP contribution in [-0.2, 0) is 0 Å². The highest BCUT2D eigenvalue weighted by Gasteiger charge is 2.10. The number of halogens is 1. The van der Waals surface area contributed by atoms with Crippen molar-refractivity contribution in [3.8, 4) is 11.1 Å². The number of nitrogens with zero attached hydrogens (tertiary/aromatic N) is 1. The summed E-state index contributed by atoms with van der Waals surface area (Å²) in [5, 5.41) is 1.91. The van der Waals surface area contributed by atoms with Crippen molar-refractivity contribution in [2.24, 2.45) is 0 Å². The molecule has 0 saturated heterocycles. The summed E-state index contributed by atoms with van der Waals surface area (Å²) >= 11 is 7.71. The largest absolute Gasteiger partial charge is 0.256 e. The Morgan fingerprint density at radius 1 is 1.00 bits per heavy atom. The molecular formula is C16H12ClNS. The lowest BCUT2D eigenvalue weighted by Crippen LogP contribution is -1.87. The Morgan fingerprint density at radius 3 is 2.53 bits per heavy atom. The van der Waals surface area contributed by atoms with Gasteiger partial charge in [0.15, 0.2) is 0 Å². The van der Waals surface area contributed by atoms with Gasteiger partial charge in [-0.15, -0.1) is 11.8 Å². The first-order valence-electron chi connectivity index (χ1n) is 5.97. The second-order valence-corrected chi connectivity index (χ2v) is 5.51. The van der Waals surface area contributed by atoms with E-state index < -0.39 is 0 Å². The molecule has 0 unspecified atom stereocenters. The third kappa shape index (κ3) is 2.34. The van der Waals surface area contributed by atoms with Crippen molar-refractivity contribution in [1.82, 2.24) is 4.98 Å². The minimum Gasteiger partial charge on any atom is -0.256 e. The summed E-state index contributed by atoms with van der Waals surface area (Å²) < 4.78 is 0. The average Bonchev–Trinajstić information content (AvgIpc) is 2.47. The van der Waals surface area contributed by atoms with Gasteiger partial charge >= 0.3 is 0 Å². The van der Waals surface area contributed by atoms with E-state index in [2.05, 4.69) is 29.4 Å². The molecule has 3 aromatic rings. The zero-order chi connectivity index (χ0) is 13.2. The normalized spacial score (nSPS) is 10.8. The SMILES string of the molecule is CSc1ccc2cccnc2c1-c1ccc(Cl)cc1. The molecular weight excluding hydrogens is 274 g/mol. The molecule has 0 spiro atoms. The van der Waals surface area contributed by atoms with Crippen LogP contribution in [0.1, 0.15) is 0 Å². The fourth-order valence-electron chi connectivity index (χ4n) is 2.19. The van der Waals surface area contributed by atoms with Gasteiger partial charge in [0.25, 0.3) is 0 Å². The summed E-state index contributed by atoms with van der Waals surface area (Å²) in [6.07, 6.45) is 3.93. The van der Waals surface area contributed by atoms with Crippen LogP contribution >= 0.6 is 23.4 Å². The number of rotatable bonds is 2. The van der Waals surface area contributed by atoms with Crippen LogP contribution in [0.2, 0.25) is 5.02 Å². The molecule has 1 nitrogen and oxygen atoms in total.